The van der Waals surface area contributed by atoms with E-state index in [-0.39, 0.29) is 10.8 Å². The van der Waals surface area contributed by atoms with Crippen LogP contribution in [0.25, 0.3) is 0 Å². The van der Waals surface area contributed by atoms with Gasteiger partial charge < -0.3 is 4.90 Å². The van der Waals surface area contributed by atoms with Crippen LogP contribution in [0.3, 0.4) is 0 Å². The van der Waals surface area contributed by atoms with Crippen LogP contribution in [0, 0.1) is 13.8 Å². The highest BCUT2D eigenvalue weighted by Gasteiger charge is 2.41. The van der Waals surface area contributed by atoms with Crippen molar-refractivity contribution in [2.45, 2.75) is 37.6 Å². The number of aromatic nitrogens is 2. The summed E-state index contributed by atoms with van der Waals surface area (Å²) in [7, 11) is -0.415. The Labute approximate surface area is 119 Å². The molecule has 20 heavy (non-hydrogen) atoms. The molecular formula is C12H20N4O3S. The number of nitrogens with one attached hydrogen (secondary N) is 1. The Kier molecular flexibility index (Phi) is 3.88. The minimum atomic E-state index is -3.69. The van der Waals surface area contributed by atoms with Crippen molar-refractivity contribution in [1.82, 2.24) is 19.4 Å². The van der Waals surface area contributed by atoms with Gasteiger partial charge in [-0.05, 0) is 26.7 Å². The average molecular weight is 300 g/mol. The van der Waals surface area contributed by atoms with E-state index in [1.807, 2.05) is 0 Å². The van der Waals surface area contributed by atoms with Crippen LogP contribution in [0.4, 0.5) is 0 Å². The first kappa shape index (κ1) is 15.0. The van der Waals surface area contributed by atoms with Crippen LogP contribution in [-0.4, -0.2) is 60.4 Å². The number of nitrogens with zero attached hydrogens (tertiary/aromatic N) is 3. The molecule has 1 aromatic heterocycles. The number of sulfonamides is 1. The van der Waals surface area contributed by atoms with Crippen molar-refractivity contribution in [3.63, 3.8) is 0 Å². The number of aryl methyl sites for hydroxylation is 2. The van der Waals surface area contributed by atoms with E-state index >= 15 is 0 Å². The first-order valence-electron chi connectivity index (χ1n) is 6.51. The van der Waals surface area contributed by atoms with Gasteiger partial charge >= 0.3 is 0 Å². The Hall–Kier alpha value is -1.41. The van der Waals surface area contributed by atoms with Crippen molar-refractivity contribution in [1.29, 1.82) is 0 Å². The van der Waals surface area contributed by atoms with Crippen LogP contribution in [0.1, 0.15) is 24.2 Å². The molecule has 1 fully saturated rings. The Balaban J connectivity index is 2.42. The van der Waals surface area contributed by atoms with Crippen molar-refractivity contribution < 1.29 is 13.2 Å². The lowest BCUT2D eigenvalue weighted by molar-refractivity contribution is -0.132. The van der Waals surface area contributed by atoms with Gasteiger partial charge in [-0.2, -0.15) is 9.40 Å². The molecule has 0 bridgehead atoms. The second kappa shape index (κ2) is 5.17. The first-order valence-corrected chi connectivity index (χ1v) is 7.95. The molecular weight excluding hydrogens is 280 g/mol. The third-order valence-corrected chi connectivity index (χ3v) is 5.73. The third kappa shape index (κ3) is 2.33. The van der Waals surface area contributed by atoms with Gasteiger partial charge in [0.05, 0.1) is 11.4 Å². The zero-order chi connectivity index (χ0) is 15.1. The summed E-state index contributed by atoms with van der Waals surface area (Å²) in [6, 6.07) is -0.608. The lowest BCUT2D eigenvalue weighted by Crippen LogP contribution is -2.45. The minimum Gasteiger partial charge on any atom is -0.347 e. The van der Waals surface area contributed by atoms with E-state index in [9.17, 15) is 13.2 Å². The molecule has 0 radical (unpaired) electrons. The lowest BCUT2D eigenvalue weighted by Gasteiger charge is -2.25. The maximum absolute atomic E-state index is 12.8. The molecule has 0 saturated carbocycles. The highest BCUT2D eigenvalue weighted by Crippen LogP contribution is 2.29. The van der Waals surface area contributed by atoms with E-state index in [0.717, 1.165) is 0 Å². The van der Waals surface area contributed by atoms with Gasteiger partial charge in [-0.3, -0.25) is 9.89 Å². The second-order valence-electron chi connectivity index (χ2n) is 5.27. The summed E-state index contributed by atoms with van der Waals surface area (Å²) in [4.78, 5) is 13.8. The van der Waals surface area contributed by atoms with Gasteiger partial charge in [0.15, 0.2) is 0 Å². The molecule has 2 rings (SSSR count). The third-order valence-electron chi connectivity index (χ3n) is 3.56. The number of rotatable bonds is 3. The molecule has 1 saturated heterocycles. The van der Waals surface area contributed by atoms with Crippen molar-refractivity contribution in [2.24, 2.45) is 0 Å². The predicted octanol–water partition coefficient (Wildman–Crippen LogP) is 0.268. The molecule has 1 atom stereocenters. The molecule has 0 aliphatic carbocycles. The van der Waals surface area contributed by atoms with E-state index in [0.29, 0.717) is 30.8 Å². The predicted molar refractivity (Wildman–Crippen MR) is 73.7 cm³/mol. The quantitative estimate of drug-likeness (QED) is 0.868. The zero-order valence-corrected chi connectivity index (χ0v) is 13.0. The van der Waals surface area contributed by atoms with Crippen LogP contribution >= 0.6 is 0 Å². The number of carbonyl (C=O) groups is 1. The van der Waals surface area contributed by atoms with Gasteiger partial charge in [0.2, 0.25) is 15.9 Å². The number of hydrogen-bond acceptors (Lipinski definition) is 4. The molecule has 7 nitrogen and oxygen atoms in total. The molecule has 1 aliphatic heterocycles. The van der Waals surface area contributed by atoms with Gasteiger partial charge in [0, 0.05) is 20.6 Å². The normalized spacial score (nSPS) is 20.3. The summed E-state index contributed by atoms with van der Waals surface area (Å²) < 4.78 is 26.8. The van der Waals surface area contributed by atoms with Gasteiger partial charge in [-0.25, -0.2) is 8.42 Å². The van der Waals surface area contributed by atoms with Crippen LogP contribution in [0.2, 0.25) is 0 Å². The fourth-order valence-corrected chi connectivity index (χ4v) is 4.60. The number of H-pyrrole nitrogens is 1. The Morgan fingerprint density at radius 3 is 2.55 bits per heavy atom. The maximum Gasteiger partial charge on any atom is 0.247 e. The van der Waals surface area contributed by atoms with E-state index in [4.69, 9.17) is 0 Å². The highest BCUT2D eigenvalue weighted by atomic mass is 32.2. The van der Waals surface area contributed by atoms with Crippen LogP contribution in [0.15, 0.2) is 4.90 Å². The monoisotopic (exact) mass is 300 g/mol. The molecule has 1 aromatic rings. The number of likely N-dealkylation sites (N-methyl/N-ethyl adjacent to an activating group) is 1. The Morgan fingerprint density at radius 2 is 2.05 bits per heavy atom. The summed E-state index contributed by atoms with van der Waals surface area (Å²) in [5.41, 5.74) is 0.941. The second-order valence-corrected chi connectivity index (χ2v) is 7.10. The summed E-state index contributed by atoms with van der Waals surface area (Å²) in [5.74, 6) is -0.176. The fourth-order valence-electron chi connectivity index (χ4n) is 2.61. The number of carbonyl (C=O) groups excluding carboxylic acids is 1. The minimum absolute atomic E-state index is 0.176. The molecule has 8 heteroatoms. The van der Waals surface area contributed by atoms with Gasteiger partial charge in [-0.1, -0.05) is 0 Å². The molecule has 1 amide bonds. The zero-order valence-electron chi connectivity index (χ0n) is 12.2. The lowest BCUT2D eigenvalue weighted by atomic mass is 10.2. The van der Waals surface area contributed by atoms with Crippen LogP contribution < -0.4 is 0 Å². The van der Waals surface area contributed by atoms with Crippen molar-refractivity contribution >= 4 is 15.9 Å². The van der Waals surface area contributed by atoms with E-state index in [1.165, 1.54) is 9.21 Å². The van der Waals surface area contributed by atoms with Gasteiger partial charge in [-0.15, -0.1) is 0 Å². The molecule has 1 unspecified atom stereocenters. The Morgan fingerprint density at radius 1 is 1.40 bits per heavy atom. The van der Waals surface area contributed by atoms with Crippen molar-refractivity contribution in [3.8, 4) is 0 Å². The Bertz CT molecular complexity index is 601. The highest BCUT2D eigenvalue weighted by molar-refractivity contribution is 7.89. The molecule has 0 spiro atoms. The average Bonchev–Trinajstić information content (AvgIpc) is 2.95. The summed E-state index contributed by atoms with van der Waals surface area (Å²) in [6.07, 6.45) is 1.26. The van der Waals surface area contributed by atoms with E-state index < -0.39 is 16.1 Å². The molecule has 2 heterocycles. The van der Waals surface area contributed by atoms with E-state index in [2.05, 4.69) is 10.2 Å². The molecule has 1 N–H and O–H groups in total. The van der Waals surface area contributed by atoms with E-state index in [1.54, 1.807) is 27.9 Å². The van der Waals surface area contributed by atoms with Gasteiger partial charge in [0.1, 0.15) is 10.9 Å². The maximum atomic E-state index is 12.8. The number of hydrogen-bond donors (Lipinski definition) is 1. The van der Waals surface area contributed by atoms with Crippen LogP contribution in [-0.2, 0) is 14.8 Å². The number of amides is 1. The smallest absolute Gasteiger partial charge is 0.247 e. The molecule has 112 valence electrons. The molecule has 0 aromatic carbocycles. The SMILES string of the molecule is Cc1n[nH]c(C)c1S(=O)(=O)N1CCCC1C(=O)N(C)C. The standard InChI is InChI=1S/C12H20N4O3S/c1-8-11(9(2)14-13-8)20(18,19)16-7-5-6-10(16)12(17)15(3)4/h10H,5-7H2,1-4H3,(H,13,14). The summed E-state index contributed by atoms with van der Waals surface area (Å²) in [5, 5.41) is 6.61. The molecule has 1 aliphatic rings. The largest absolute Gasteiger partial charge is 0.347 e. The fraction of sp³-hybridized carbons (Fsp3) is 0.667. The number of aromatic amines is 1. The van der Waals surface area contributed by atoms with Crippen LogP contribution in [0.5, 0.6) is 0 Å². The van der Waals surface area contributed by atoms with Gasteiger partial charge in [0.25, 0.3) is 0 Å². The topological polar surface area (TPSA) is 86.4 Å². The van der Waals surface area contributed by atoms with Crippen molar-refractivity contribution in [3.05, 3.63) is 11.4 Å². The first-order chi connectivity index (χ1) is 9.26. The van der Waals surface area contributed by atoms with Crippen molar-refractivity contribution in [2.75, 3.05) is 20.6 Å². The summed E-state index contributed by atoms with van der Waals surface area (Å²) in [6.45, 7) is 3.69. The summed E-state index contributed by atoms with van der Waals surface area (Å²) >= 11 is 0.